The van der Waals surface area contributed by atoms with Crippen molar-refractivity contribution in [1.82, 2.24) is 9.47 Å². The van der Waals surface area contributed by atoms with E-state index in [0.717, 1.165) is 18.8 Å². The third kappa shape index (κ3) is 3.47. The third-order valence-electron chi connectivity index (χ3n) is 4.86. The maximum atomic E-state index is 12.7. The molecule has 26 heavy (non-hydrogen) atoms. The summed E-state index contributed by atoms with van der Waals surface area (Å²) in [6, 6.07) is 13.9. The van der Waals surface area contributed by atoms with Gasteiger partial charge < -0.3 is 14.4 Å². The fraction of sp³-hybridized carbons (Fsp3) is 0.350. The molecule has 0 bridgehead atoms. The van der Waals surface area contributed by atoms with Gasteiger partial charge in [-0.25, -0.2) is 0 Å². The van der Waals surface area contributed by atoms with Gasteiger partial charge in [0.25, 0.3) is 5.56 Å². The average Bonchev–Trinajstić information content (AvgIpc) is 2.66. The summed E-state index contributed by atoms with van der Waals surface area (Å²) in [5.74, 6) is -0.0874. The lowest BCUT2D eigenvalue weighted by molar-refractivity contribution is -0.132. The summed E-state index contributed by atoms with van der Waals surface area (Å²) in [4.78, 5) is 29.2. The van der Waals surface area contributed by atoms with Gasteiger partial charge in [-0.3, -0.25) is 9.59 Å². The van der Waals surface area contributed by atoms with Crippen molar-refractivity contribution in [3.63, 3.8) is 0 Å². The van der Waals surface area contributed by atoms with E-state index in [-0.39, 0.29) is 23.6 Å². The molecule has 6 nitrogen and oxygen atoms in total. The van der Waals surface area contributed by atoms with Crippen LogP contribution in [0.4, 0.5) is 5.69 Å². The number of amides is 1. The zero-order chi connectivity index (χ0) is 18.7. The summed E-state index contributed by atoms with van der Waals surface area (Å²) in [6.45, 7) is 6.28. The minimum absolute atomic E-state index is 0.0229. The van der Waals surface area contributed by atoms with Crippen LogP contribution >= 0.6 is 0 Å². The van der Waals surface area contributed by atoms with E-state index in [1.54, 1.807) is 24.8 Å². The number of hydrogen-bond donors (Lipinski definition) is 0. The number of anilines is 1. The maximum Gasteiger partial charge on any atom is 0.269 e. The lowest BCUT2D eigenvalue weighted by atomic mass is 10.1. The number of piperazine rings is 1. The largest absolute Gasteiger partial charge is 0.368 e. The lowest BCUT2D eigenvalue weighted by Gasteiger charge is -2.36. The fourth-order valence-corrected chi connectivity index (χ4v) is 3.35. The van der Waals surface area contributed by atoms with Gasteiger partial charge in [0, 0.05) is 37.6 Å². The number of nitriles is 1. The van der Waals surface area contributed by atoms with Crippen LogP contribution in [0.25, 0.3) is 0 Å². The van der Waals surface area contributed by atoms with Crippen LogP contribution in [0.15, 0.2) is 41.2 Å². The smallest absolute Gasteiger partial charge is 0.269 e. The molecule has 1 saturated heterocycles. The predicted molar refractivity (Wildman–Crippen MR) is 100 cm³/mol. The zero-order valence-electron chi connectivity index (χ0n) is 15.1. The third-order valence-corrected chi connectivity index (χ3v) is 4.86. The monoisotopic (exact) mass is 350 g/mol. The van der Waals surface area contributed by atoms with Crippen molar-refractivity contribution in [3.8, 4) is 6.07 Å². The molecule has 1 aromatic heterocycles. The van der Waals surface area contributed by atoms with Gasteiger partial charge in [0.05, 0.1) is 0 Å². The number of pyridine rings is 1. The number of aryl methyl sites for hydroxylation is 2. The highest BCUT2D eigenvalue weighted by molar-refractivity contribution is 5.76. The van der Waals surface area contributed by atoms with Crippen molar-refractivity contribution >= 4 is 11.6 Å². The van der Waals surface area contributed by atoms with E-state index >= 15 is 0 Å². The van der Waals surface area contributed by atoms with Gasteiger partial charge in [0.2, 0.25) is 5.91 Å². The average molecular weight is 350 g/mol. The topological polar surface area (TPSA) is 69.3 Å². The highest BCUT2D eigenvalue weighted by Gasteiger charge is 2.22. The van der Waals surface area contributed by atoms with E-state index in [1.165, 1.54) is 4.57 Å². The van der Waals surface area contributed by atoms with Gasteiger partial charge in [0.15, 0.2) is 0 Å². The summed E-state index contributed by atoms with van der Waals surface area (Å²) in [5, 5.41) is 9.17. The molecule has 1 aliphatic rings. The van der Waals surface area contributed by atoms with Crippen molar-refractivity contribution < 1.29 is 4.79 Å². The normalized spacial score (nSPS) is 14.2. The van der Waals surface area contributed by atoms with Gasteiger partial charge in [-0.05, 0) is 37.6 Å². The Labute approximate surface area is 152 Å². The van der Waals surface area contributed by atoms with Crippen LogP contribution in [0.3, 0.4) is 0 Å². The highest BCUT2D eigenvalue weighted by Crippen LogP contribution is 2.16. The Hall–Kier alpha value is -3.07. The second-order valence-electron chi connectivity index (χ2n) is 6.55. The minimum atomic E-state index is -0.388. The molecule has 0 unspecified atom stereocenters. The summed E-state index contributed by atoms with van der Waals surface area (Å²) >= 11 is 0. The molecule has 134 valence electrons. The molecule has 6 heteroatoms. The Balaban J connectivity index is 1.69. The quantitative estimate of drug-likeness (QED) is 0.845. The molecule has 0 spiro atoms. The summed E-state index contributed by atoms with van der Waals surface area (Å²) in [6.07, 6.45) is 0. The van der Waals surface area contributed by atoms with Gasteiger partial charge in [-0.15, -0.1) is 0 Å². The van der Waals surface area contributed by atoms with Gasteiger partial charge in [-0.2, -0.15) is 5.26 Å². The van der Waals surface area contributed by atoms with Crippen molar-refractivity contribution in [2.45, 2.75) is 20.4 Å². The van der Waals surface area contributed by atoms with E-state index in [0.29, 0.717) is 24.3 Å². The zero-order valence-corrected chi connectivity index (χ0v) is 15.1. The van der Waals surface area contributed by atoms with Crippen LogP contribution < -0.4 is 10.5 Å². The summed E-state index contributed by atoms with van der Waals surface area (Å²) in [5.41, 5.74) is 2.22. The number of nitrogens with zero attached hydrogens (tertiary/aromatic N) is 4. The van der Waals surface area contributed by atoms with E-state index in [9.17, 15) is 14.9 Å². The highest BCUT2D eigenvalue weighted by atomic mass is 16.2. The van der Waals surface area contributed by atoms with Crippen molar-refractivity contribution in [1.29, 1.82) is 5.26 Å². The Kier molecular flexibility index (Phi) is 5.08. The Morgan fingerprint density at radius 2 is 1.77 bits per heavy atom. The molecule has 3 rings (SSSR count). The van der Waals surface area contributed by atoms with Crippen molar-refractivity contribution in [2.24, 2.45) is 0 Å². The number of para-hydroxylation sites is 1. The van der Waals surface area contributed by atoms with Crippen LogP contribution in [0.1, 0.15) is 16.8 Å². The van der Waals surface area contributed by atoms with Crippen LogP contribution in [-0.2, 0) is 11.3 Å². The molecular weight excluding hydrogens is 328 g/mol. The minimum Gasteiger partial charge on any atom is -0.368 e. The standard InChI is InChI=1S/C20H22N4O2/c1-15-12-16(2)24(20(26)18(15)13-21)14-19(25)23-10-8-22(9-11-23)17-6-4-3-5-7-17/h3-7,12H,8-11,14H2,1-2H3. The van der Waals surface area contributed by atoms with Crippen LogP contribution in [0, 0.1) is 25.2 Å². The molecule has 1 aromatic carbocycles. The molecule has 0 atom stereocenters. The summed E-state index contributed by atoms with van der Waals surface area (Å²) in [7, 11) is 0. The fourth-order valence-electron chi connectivity index (χ4n) is 3.35. The van der Waals surface area contributed by atoms with Gasteiger partial charge in [0.1, 0.15) is 18.2 Å². The molecule has 0 saturated carbocycles. The molecule has 2 heterocycles. The number of rotatable bonds is 3. The number of aromatic nitrogens is 1. The Bertz CT molecular complexity index is 904. The molecule has 0 aliphatic carbocycles. The second-order valence-corrected chi connectivity index (χ2v) is 6.55. The number of benzene rings is 1. The first-order valence-corrected chi connectivity index (χ1v) is 8.70. The summed E-state index contributed by atoms with van der Waals surface area (Å²) < 4.78 is 1.40. The molecular formula is C20H22N4O2. The number of carbonyl (C=O) groups excluding carboxylic acids is 1. The molecule has 0 radical (unpaired) electrons. The maximum absolute atomic E-state index is 12.7. The Morgan fingerprint density at radius 3 is 2.38 bits per heavy atom. The van der Waals surface area contributed by atoms with E-state index in [2.05, 4.69) is 17.0 Å². The molecule has 0 N–H and O–H groups in total. The van der Waals surface area contributed by atoms with Gasteiger partial charge in [-0.1, -0.05) is 18.2 Å². The SMILES string of the molecule is Cc1cc(C)n(CC(=O)N2CCN(c3ccccc3)CC2)c(=O)c1C#N. The molecule has 1 amide bonds. The van der Waals surface area contributed by atoms with Crippen LogP contribution in [0.2, 0.25) is 0 Å². The van der Waals surface area contributed by atoms with Crippen molar-refractivity contribution in [2.75, 3.05) is 31.1 Å². The molecule has 1 fully saturated rings. The van der Waals surface area contributed by atoms with Crippen LogP contribution in [0.5, 0.6) is 0 Å². The number of carbonyl (C=O) groups is 1. The van der Waals surface area contributed by atoms with Gasteiger partial charge >= 0.3 is 0 Å². The van der Waals surface area contributed by atoms with Crippen LogP contribution in [-0.4, -0.2) is 41.6 Å². The first-order chi connectivity index (χ1) is 12.5. The van der Waals surface area contributed by atoms with E-state index < -0.39 is 0 Å². The first kappa shape index (κ1) is 17.7. The predicted octanol–water partition coefficient (Wildman–Crippen LogP) is 1.69. The Morgan fingerprint density at radius 1 is 1.12 bits per heavy atom. The first-order valence-electron chi connectivity index (χ1n) is 8.70. The van der Waals surface area contributed by atoms with Crippen molar-refractivity contribution in [3.05, 3.63) is 63.6 Å². The van der Waals surface area contributed by atoms with E-state index in [1.807, 2.05) is 24.3 Å². The molecule has 1 aliphatic heterocycles. The lowest BCUT2D eigenvalue weighted by Crippen LogP contribution is -2.50. The second kappa shape index (κ2) is 7.44. The number of hydrogen-bond acceptors (Lipinski definition) is 4. The van der Waals surface area contributed by atoms with E-state index in [4.69, 9.17) is 0 Å². The molecule has 2 aromatic rings.